The minimum atomic E-state index is 0.0606. The van der Waals surface area contributed by atoms with E-state index >= 15 is 0 Å². The second-order valence-electron chi connectivity index (χ2n) is 5.92. The van der Waals surface area contributed by atoms with Gasteiger partial charge in [-0.3, -0.25) is 9.69 Å². The first-order valence-electron chi connectivity index (χ1n) is 8.12. The number of benzene rings is 1. The van der Waals surface area contributed by atoms with Gasteiger partial charge in [-0.2, -0.15) is 0 Å². The molecule has 24 heavy (non-hydrogen) atoms. The van der Waals surface area contributed by atoms with Gasteiger partial charge >= 0.3 is 0 Å². The highest BCUT2D eigenvalue weighted by atomic mass is 32.1. The van der Waals surface area contributed by atoms with Gasteiger partial charge in [-0.15, -0.1) is 11.3 Å². The van der Waals surface area contributed by atoms with Crippen LogP contribution in [0.5, 0.6) is 0 Å². The summed E-state index contributed by atoms with van der Waals surface area (Å²) in [6.07, 6.45) is 5.62. The molecule has 1 aromatic carbocycles. The summed E-state index contributed by atoms with van der Waals surface area (Å²) in [5.41, 5.74) is 0.907. The Balaban J connectivity index is 1.34. The van der Waals surface area contributed by atoms with Crippen molar-refractivity contribution in [1.29, 1.82) is 0 Å². The number of thiazole rings is 1. The molecule has 0 spiro atoms. The molecule has 0 N–H and O–H groups in total. The zero-order valence-corrected chi connectivity index (χ0v) is 14.2. The zero-order chi connectivity index (χ0) is 16.4. The molecular formula is C17H19N5OS. The average Bonchev–Trinajstić information content (AvgIpc) is 3.29. The molecule has 0 aliphatic carbocycles. The van der Waals surface area contributed by atoms with Gasteiger partial charge in [-0.25, -0.2) is 9.97 Å². The van der Waals surface area contributed by atoms with Gasteiger partial charge in [-0.1, -0.05) is 12.1 Å². The van der Waals surface area contributed by atoms with Gasteiger partial charge < -0.3 is 9.47 Å². The molecule has 0 atom stereocenters. The summed E-state index contributed by atoms with van der Waals surface area (Å²) >= 11 is 1.48. The Labute approximate surface area is 144 Å². The number of fused-ring (bicyclic) bond motifs is 1. The highest BCUT2D eigenvalue weighted by Gasteiger charge is 2.24. The normalized spacial score (nSPS) is 15.9. The van der Waals surface area contributed by atoms with Crippen LogP contribution in [0.2, 0.25) is 0 Å². The number of hydrogen-bond acceptors (Lipinski definition) is 5. The Morgan fingerprint density at radius 1 is 1.12 bits per heavy atom. The third-order valence-electron chi connectivity index (χ3n) is 4.37. The minimum Gasteiger partial charge on any atom is -0.336 e. The Morgan fingerprint density at radius 2 is 1.96 bits per heavy atom. The first-order valence-corrected chi connectivity index (χ1v) is 8.94. The van der Waals surface area contributed by atoms with Crippen molar-refractivity contribution in [2.24, 2.45) is 0 Å². The lowest BCUT2D eigenvalue weighted by Crippen LogP contribution is -2.49. The number of hydrogen-bond donors (Lipinski definition) is 0. The summed E-state index contributed by atoms with van der Waals surface area (Å²) in [7, 11) is 0. The molecule has 1 amide bonds. The SMILES string of the molecule is O=C(c1nc2ccccc2s1)N1CCN(CCn2ccnc2)CC1. The Morgan fingerprint density at radius 3 is 2.71 bits per heavy atom. The summed E-state index contributed by atoms with van der Waals surface area (Å²) < 4.78 is 3.15. The van der Waals surface area contributed by atoms with Crippen LogP contribution >= 0.6 is 11.3 Å². The van der Waals surface area contributed by atoms with E-state index in [-0.39, 0.29) is 5.91 Å². The molecule has 1 aliphatic heterocycles. The number of carbonyl (C=O) groups excluding carboxylic acids is 1. The van der Waals surface area contributed by atoms with E-state index in [0.717, 1.165) is 49.5 Å². The number of nitrogens with zero attached hydrogens (tertiary/aromatic N) is 5. The van der Waals surface area contributed by atoms with Crippen molar-refractivity contribution in [1.82, 2.24) is 24.3 Å². The van der Waals surface area contributed by atoms with Crippen LogP contribution in [0.15, 0.2) is 43.0 Å². The fourth-order valence-electron chi connectivity index (χ4n) is 2.95. The summed E-state index contributed by atoms with van der Waals surface area (Å²) in [4.78, 5) is 25.5. The van der Waals surface area contributed by atoms with E-state index in [1.807, 2.05) is 41.7 Å². The lowest BCUT2D eigenvalue weighted by Gasteiger charge is -2.34. The lowest BCUT2D eigenvalue weighted by atomic mass is 10.3. The molecule has 3 heterocycles. The number of aromatic nitrogens is 3. The maximum atomic E-state index is 12.7. The van der Waals surface area contributed by atoms with Crippen molar-refractivity contribution < 1.29 is 4.79 Å². The lowest BCUT2D eigenvalue weighted by molar-refractivity contribution is 0.0633. The third kappa shape index (κ3) is 3.18. The predicted molar refractivity (Wildman–Crippen MR) is 94.2 cm³/mol. The van der Waals surface area contributed by atoms with Crippen LogP contribution in [-0.4, -0.2) is 63.0 Å². The summed E-state index contributed by atoms with van der Waals surface area (Å²) in [5.74, 6) is 0.0606. The number of amides is 1. The van der Waals surface area contributed by atoms with Gasteiger partial charge in [0.1, 0.15) is 0 Å². The smallest absolute Gasteiger partial charge is 0.282 e. The van der Waals surface area contributed by atoms with Gasteiger partial charge in [0, 0.05) is 51.7 Å². The van der Waals surface area contributed by atoms with Gasteiger partial charge in [-0.05, 0) is 12.1 Å². The number of para-hydroxylation sites is 1. The number of piperazine rings is 1. The molecule has 1 fully saturated rings. The monoisotopic (exact) mass is 341 g/mol. The van der Waals surface area contributed by atoms with E-state index in [4.69, 9.17) is 0 Å². The topological polar surface area (TPSA) is 54.3 Å². The van der Waals surface area contributed by atoms with Gasteiger partial charge in [0.2, 0.25) is 0 Å². The van der Waals surface area contributed by atoms with Crippen LogP contribution in [0.25, 0.3) is 10.2 Å². The summed E-state index contributed by atoms with van der Waals surface area (Å²) in [6.45, 7) is 5.26. The van der Waals surface area contributed by atoms with Crippen molar-refractivity contribution in [3.63, 3.8) is 0 Å². The molecular weight excluding hydrogens is 322 g/mol. The molecule has 4 rings (SSSR count). The quantitative estimate of drug-likeness (QED) is 0.728. The van der Waals surface area contributed by atoms with Gasteiger partial charge in [0.25, 0.3) is 5.91 Å². The second-order valence-corrected chi connectivity index (χ2v) is 6.95. The molecule has 0 bridgehead atoms. The Hall–Kier alpha value is -2.25. The first-order chi connectivity index (χ1) is 11.8. The fourth-order valence-corrected chi connectivity index (χ4v) is 3.88. The molecule has 3 aromatic rings. The molecule has 6 nitrogen and oxygen atoms in total. The molecule has 2 aromatic heterocycles. The largest absolute Gasteiger partial charge is 0.336 e. The summed E-state index contributed by atoms with van der Waals surface area (Å²) in [5, 5.41) is 0.600. The zero-order valence-electron chi connectivity index (χ0n) is 13.3. The standard InChI is InChI=1S/C17H19N5OS/c23-17(16-19-14-3-1-2-4-15(14)24-16)22-11-9-20(10-12-22)7-8-21-6-5-18-13-21/h1-6,13H,7-12H2. The molecule has 7 heteroatoms. The van der Waals surface area contributed by atoms with Crippen LogP contribution in [0.3, 0.4) is 0 Å². The predicted octanol–water partition coefficient (Wildman–Crippen LogP) is 1.95. The Bertz CT molecular complexity index is 788. The van der Waals surface area contributed by atoms with E-state index in [2.05, 4.69) is 19.4 Å². The van der Waals surface area contributed by atoms with Gasteiger partial charge in [0.15, 0.2) is 5.01 Å². The van der Waals surface area contributed by atoms with Crippen molar-refractivity contribution in [2.75, 3.05) is 32.7 Å². The van der Waals surface area contributed by atoms with Gasteiger partial charge in [0.05, 0.1) is 16.5 Å². The van der Waals surface area contributed by atoms with Crippen LogP contribution in [-0.2, 0) is 6.54 Å². The second kappa shape index (κ2) is 6.70. The van der Waals surface area contributed by atoms with E-state index in [1.54, 1.807) is 6.20 Å². The molecule has 1 aliphatic rings. The highest BCUT2D eigenvalue weighted by Crippen LogP contribution is 2.23. The highest BCUT2D eigenvalue weighted by molar-refractivity contribution is 7.20. The molecule has 124 valence electrons. The first kappa shape index (κ1) is 15.3. The number of carbonyl (C=O) groups is 1. The van der Waals surface area contributed by atoms with Crippen LogP contribution in [0.1, 0.15) is 9.80 Å². The van der Waals surface area contributed by atoms with E-state index < -0.39 is 0 Å². The van der Waals surface area contributed by atoms with E-state index in [1.165, 1.54) is 11.3 Å². The third-order valence-corrected chi connectivity index (χ3v) is 5.39. The minimum absolute atomic E-state index is 0.0606. The van der Waals surface area contributed by atoms with Crippen molar-refractivity contribution in [3.8, 4) is 0 Å². The van der Waals surface area contributed by atoms with Crippen molar-refractivity contribution >= 4 is 27.5 Å². The number of rotatable bonds is 4. The van der Waals surface area contributed by atoms with E-state index in [9.17, 15) is 4.79 Å². The molecule has 0 saturated carbocycles. The maximum Gasteiger partial charge on any atom is 0.282 e. The van der Waals surface area contributed by atoms with Crippen LogP contribution in [0.4, 0.5) is 0 Å². The molecule has 1 saturated heterocycles. The Kier molecular flexibility index (Phi) is 4.27. The average molecular weight is 341 g/mol. The molecule has 0 radical (unpaired) electrons. The van der Waals surface area contributed by atoms with Crippen molar-refractivity contribution in [3.05, 3.63) is 48.0 Å². The van der Waals surface area contributed by atoms with Crippen LogP contribution in [0, 0.1) is 0 Å². The van der Waals surface area contributed by atoms with Crippen LogP contribution < -0.4 is 0 Å². The summed E-state index contributed by atoms with van der Waals surface area (Å²) in [6, 6.07) is 7.90. The van der Waals surface area contributed by atoms with E-state index in [0.29, 0.717) is 5.01 Å². The number of imidazole rings is 1. The fraction of sp³-hybridized carbons (Fsp3) is 0.353. The maximum absolute atomic E-state index is 12.7. The molecule has 0 unspecified atom stereocenters. The van der Waals surface area contributed by atoms with Crippen molar-refractivity contribution in [2.45, 2.75) is 6.54 Å².